The zero-order valence-corrected chi connectivity index (χ0v) is 15.9. The third kappa shape index (κ3) is 6.40. The fourth-order valence-corrected chi connectivity index (χ4v) is 2.46. The molecule has 0 heterocycles. The molecular formula is C20H27ClN2O2. The van der Waals surface area contributed by atoms with Gasteiger partial charge in [0.1, 0.15) is 12.4 Å². The summed E-state index contributed by atoms with van der Waals surface area (Å²) in [5.74, 6) is 0.665. The Kier molecular flexibility index (Phi) is 7.94. The van der Waals surface area contributed by atoms with Crippen LogP contribution in [0.3, 0.4) is 0 Å². The van der Waals surface area contributed by atoms with E-state index in [0.29, 0.717) is 31.0 Å². The fourth-order valence-electron chi connectivity index (χ4n) is 2.46. The third-order valence-electron chi connectivity index (χ3n) is 3.89. The van der Waals surface area contributed by atoms with Crippen molar-refractivity contribution in [3.8, 4) is 5.75 Å². The number of carbonyl (C=O) groups excluding carboxylic acids is 1. The first-order chi connectivity index (χ1) is 11.4. The first-order valence-corrected chi connectivity index (χ1v) is 8.13. The highest BCUT2D eigenvalue weighted by Crippen LogP contribution is 2.19. The summed E-state index contributed by atoms with van der Waals surface area (Å²) in [4.78, 5) is 14.3. The topological polar surface area (TPSA) is 55.6 Å². The summed E-state index contributed by atoms with van der Waals surface area (Å²) in [6, 6.07) is 17.3. The van der Waals surface area contributed by atoms with Gasteiger partial charge in [0.2, 0.25) is 0 Å². The Bertz CT molecular complexity index is 674. The van der Waals surface area contributed by atoms with Crippen molar-refractivity contribution in [3.05, 3.63) is 65.7 Å². The molecule has 0 aliphatic carbocycles. The highest BCUT2D eigenvalue weighted by molar-refractivity contribution is 5.94. The Morgan fingerprint density at radius 2 is 1.80 bits per heavy atom. The van der Waals surface area contributed by atoms with E-state index in [-0.39, 0.29) is 23.7 Å². The maximum atomic E-state index is 12.6. The van der Waals surface area contributed by atoms with Gasteiger partial charge < -0.3 is 15.4 Å². The van der Waals surface area contributed by atoms with E-state index in [1.807, 2.05) is 48.5 Å². The van der Waals surface area contributed by atoms with Crippen LogP contribution in [0.25, 0.3) is 0 Å². The van der Waals surface area contributed by atoms with Crippen molar-refractivity contribution in [2.75, 3.05) is 20.1 Å². The Hall–Kier alpha value is -2.04. The smallest absolute Gasteiger partial charge is 0.253 e. The monoisotopic (exact) mass is 362 g/mol. The quantitative estimate of drug-likeness (QED) is 0.816. The lowest BCUT2D eigenvalue weighted by atomic mass is 9.93. The minimum absolute atomic E-state index is 0. The van der Waals surface area contributed by atoms with Crippen molar-refractivity contribution in [1.82, 2.24) is 4.90 Å². The number of benzene rings is 2. The average molecular weight is 363 g/mol. The van der Waals surface area contributed by atoms with Crippen LogP contribution in [0.1, 0.15) is 29.8 Å². The van der Waals surface area contributed by atoms with E-state index in [2.05, 4.69) is 13.8 Å². The van der Waals surface area contributed by atoms with Gasteiger partial charge in [-0.05, 0) is 35.7 Å². The number of hydrogen-bond donors (Lipinski definition) is 1. The first kappa shape index (κ1) is 21.0. The zero-order valence-electron chi connectivity index (χ0n) is 15.1. The molecule has 0 unspecified atom stereocenters. The molecule has 0 atom stereocenters. The summed E-state index contributed by atoms with van der Waals surface area (Å²) >= 11 is 0. The summed E-state index contributed by atoms with van der Waals surface area (Å²) in [5, 5.41) is 0. The molecule has 1 amide bonds. The molecule has 0 aliphatic rings. The lowest BCUT2D eigenvalue weighted by Gasteiger charge is -2.29. The summed E-state index contributed by atoms with van der Waals surface area (Å²) in [5.41, 5.74) is 7.36. The fraction of sp³-hybridized carbons (Fsp3) is 0.350. The number of rotatable bonds is 7. The lowest BCUT2D eigenvalue weighted by Crippen LogP contribution is -2.39. The Balaban J connectivity index is 0.00000312. The van der Waals surface area contributed by atoms with Crippen LogP contribution in [0.15, 0.2) is 54.6 Å². The summed E-state index contributed by atoms with van der Waals surface area (Å²) in [6.45, 7) is 5.73. The van der Waals surface area contributed by atoms with Crippen LogP contribution in [0.4, 0.5) is 0 Å². The molecule has 2 N–H and O–H groups in total. The van der Waals surface area contributed by atoms with Crippen LogP contribution in [-0.2, 0) is 6.61 Å². The summed E-state index contributed by atoms with van der Waals surface area (Å²) in [7, 11) is 1.80. The van der Waals surface area contributed by atoms with Crippen molar-refractivity contribution in [1.29, 1.82) is 0 Å². The van der Waals surface area contributed by atoms with Crippen molar-refractivity contribution < 1.29 is 9.53 Å². The number of hydrogen-bond acceptors (Lipinski definition) is 3. The van der Waals surface area contributed by atoms with Crippen LogP contribution in [0, 0.1) is 5.41 Å². The molecule has 136 valence electrons. The van der Waals surface area contributed by atoms with Crippen LogP contribution in [0.5, 0.6) is 5.75 Å². The first-order valence-electron chi connectivity index (χ1n) is 8.13. The second-order valence-corrected chi connectivity index (χ2v) is 6.83. The highest BCUT2D eigenvalue weighted by atomic mass is 35.5. The van der Waals surface area contributed by atoms with E-state index >= 15 is 0 Å². The van der Waals surface area contributed by atoms with Gasteiger partial charge in [-0.15, -0.1) is 12.4 Å². The lowest BCUT2D eigenvalue weighted by molar-refractivity contribution is 0.0740. The van der Waals surface area contributed by atoms with E-state index in [1.165, 1.54) is 0 Å². The molecule has 5 heteroatoms. The van der Waals surface area contributed by atoms with Gasteiger partial charge in [0.15, 0.2) is 0 Å². The molecular weight excluding hydrogens is 336 g/mol. The Morgan fingerprint density at radius 3 is 2.44 bits per heavy atom. The van der Waals surface area contributed by atoms with E-state index in [0.717, 1.165) is 5.56 Å². The van der Waals surface area contributed by atoms with Gasteiger partial charge in [-0.25, -0.2) is 0 Å². The molecule has 0 aliphatic heterocycles. The molecule has 0 fully saturated rings. The van der Waals surface area contributed by atoms with Crippen LogP contribution >= 0.6 is 12.4 Å². The molecule has 0 radical (unpaired) electrons. The van der Waals surface area contributed by atoms with E-state index in [1.54, 1.807) is 18.0 Å². The summed E-state index contributed by atoms with van der Waals surface area (Å²) in [6.07, 6.45) is 0. The number of amides is 1. The predicted molar refractivity (Wildman–Crippen MR) is 104 cm³/mol. The molecule has 0 spiro atoms. The van der Waals surface area contributed by atoms with E-state index < -0.39 is 0 Å². The highest BCUT2D eigenvalue weighted by Gasteiger charge is 2.22. The van der Waals surface area contributed by atoms with Crippen molar-refractivity contribution >= 4 is 18.3 Å². The minimum atomic E-state index is -0.105. The number of carbonyl (C=O) groups is 1. The van der Waals surface area contributed by atoms with Crippen molar-refractivity contribution in [2.45, 2.75) is 20.5 Å². The molecule has 0 aromatic heterocycles. The Morgan fingerprint density at radius 1 is 1.12 bits per heavy atom. The maximum absolute atomic E-state index is 12.6. The van der Waals surface area contributed by atoms with Gasteiger partial charge in [-0.2, -0.15) is 0 Å². The van der Waals surface area contributed by atoms with Crippen molar-refractivity contribution in [2.24, 2.45) is 11.1 Å². The molecule has 0 bridgehead atoms. The molecule has 4 nitrogen and oxygen atoms in total. The van der Waals surface area contributed by atoms with Crippen molar-refractivity contribution in [3.63, 3.8) is 0 Å². The van der Waals surface area contributed by atoms with Gasteiger partial charge in [-0.1, -0.05) is 50.2 Å². The van der Waals surface area contributed by atoms with Gasteiger partial charge in [0, 0.05) is 19.2 Å². The largest absolute Gasteiger partial charge is 0.489 e. The maximum Gasteiger partial charge on any atom is 0.253 e. The van der Waals surface area contributed by atoms with Gasteiger partial charge >= 0.3 is 0 Å². The second kappa shape index (κ2) is 9.44. The normalized spacial score (nSPS) is 10.7. The molecule has 2 aromatic rings. The number of halogens is 1. The minimum Gasteiger partial charge on any atom is -0.489 e. The van der Waals surface area contributed by atoms with Gasteiger partial charge in [0.25, 0.3) is 5.91 Å². The van der Waals surface area contributed by atoms with E-state index in [9.17, 15) is 4.79 Å². The molecule has 0 saturated heterocycles. The molecule has 2 aromatic carbocycles. The zero-order chi connectivity index (χ0) is 17.6. The number of nitrogens with two attached hydrogens (primary N) is 1. The molecule has 25 heavy (non-hydrogen) atoms. The van der Waals surface area contributed by atoms with E-state index in [4.69, 9.17) is 10.5 Å². The Labute approximate surface area is 156 Å². The predicted octanol–water partition coefficient (Wildman–Crippen LogP) is 3.74. The standard InChI is InChI=1S/C20H26N2O2.ClH/c1-20(2,14-21)15-22(3)19(23)17-10-7-11-18(12-17)24-13-16-8-5-4-6-9-16;/h4-12H,13-15,21H2,1-3H3;1H. The second-order valence-electron chi connectivity index (χ2n) is 6.83. The molecule has 0 saturated carbocycles. The average Bonchev–Trinajstić information content (AvgIpc) is 2.60. The van der Waals surface area contributed by atoms with Gasteiger partial charge in [-0.3, -0.25) is 4.79 Å². The molecule has 2 rings (SSSR count). The number of nitrogens with zero attached hydrogens (tertiary/aromatic N) is 1. The third-order valence-corrected chi connectivity index (χ3v) is 3.89. The van der Waals surface area contributed by atoms with Gasteiger partial charge in [0.05, 0.1) is 0 Å². The van der Waals surface area contributed by atoms with Crippen LogP contribution < -0.4 is 10.5 Å². The SMILES string of the molecule is CN(CC(C)(C)CN)C(=O)c1cccc(OCc2ccccc2)c1.Cl. The number of ether oxygens (including phenoxy) is 1. The van der Waals surface area contributed by atoms with Crippen LogP contribution in [0.2, 0.25) is 0 Å². The summed E-state index contributed by atoms with van der Waals surface area (Å²) < 4.78 is 5.79. The van der Waals surface area contributed by atoms with Crippen LogP contribution in [-0.4, -0.2) is 30.9 Å².